The number of aryl methyl sites for hydroxylation is 1. The Morgan fingerprint density at radius 1 is 0.800 bits per heavy atom. The second-order valence-corrected chi connectivity index (χ2v) is 13.8. The highest BCUT2D eigenvalue weighted by Crippen LogP contribution is 2.30. The van der Waals surface area contributed by atoms with Crippen molar-refractivity contribution >= 4 is 62.3 Å². The molecule has 0 saturated heterocycles. The average Bonchev–Trinajstić information content (AvgIpc) is 3.01. The zero-order chi connectivity index (χ0) is 32.6. The van der Waals surface area contributed by atoms with Crippen LogP contribution in [0.2, 0.25) is 15.1 Å². The SMILES string of the molecule is CCCNC(=O)[C@H](Cc1ccccc1)N(Cc1ccc(Cl)cc1)C(=O)CN(c1cc(Cl)cc(Cl)c1)S(=O)(=O)c1ccc(C)cc1. The minimum atomic E-state index is -4.28. The highest BCUT2D eigenvalue weighted by molar-refractivity contribution is 7.92. The van der Waals surface area contributed by atoms with Crippen molar-refractivity contribution in [3.8, 4) is 0 Å². The standard InChI is InChI=1S/C34H34Cl3N3O4S/c1-3-17-38-34(42)32(18-25-7-5-4-6-8-25)39(22-26-11-13-27(35)14-12-26)33(41)23-40(30-20-28(36)19-29(37)21-30)45(43,44)31-15-9-24(2)10-16-31/h4-16,19-21,32H,3,17-18,22-23H2,1-2H3,(H,38,42)/t32-/m0/s1. The van der Waals surface area contributed by atoms with Gasteiger partial charge in [0.1, 0.15) is 12.6 Å². The number of nitrogens with one attached hydrogen (secondary N) is 1. The zero-order valence-electron chi connectivity index (χ0n) is 24.9. The first-order chi connectivity index (χ1) is 21.5. The van der Waals surface area contributed by atoms with Crippen molar-refractivity contribution in [2.75, 3.05) is 17.4 Å². The van der Waals surface area contributed by atoms with E-state index in [2.05, 4.69) is 5.32 Å². The van der Waals surface area contributed by atoms with Gasteiger partial charge in [-0.05, 0) is 66.9 Å². The molecule has 4 aromatic rings. The summed E-state index contributed by atoms with van der Waals surface area (Å²) in [6.45, 7) is 3.61. The molecule has 0 aliphatic carbocycles. The Bertz CT molecular complexity index is 1700. The van der Waals surface area contributed by atoms with Crippen molar-refractivity contribution in [2.45, 2.75) is 44.2 Å². The van der Waals surface area contributed by atoms with Gasteiger partial charge in [-0.1, -0.05) is 102 Å². The predicted molar refractivity (Wildman–Crippen MR) is 181 cm³/mol. The van der Waals surface area contributed by atoms with E-state index in [0.717, 1.165) is 15.4 Å². The third-order valence-electron chi connectivity index (χ3n) is 7.11. The van der Waals surface area contributed by atoms with Gasteiger partial charge in [0, 0.05) is 34.6 Å². The molecule has 0 heterocycles. The molecule has 2 amide bonds. The Morgan fingerprint density at radius 3 is 2.02 bits per heavy atom. The number of anilines is 1. The fourth-order valence-electron chi connectivity index (χ4n) is 4.76. The first-order valence-electron chi connectivity index (χ1n) is 14.4. The lowest BCUT2D eigenvalue weighted by Crippen LogP contribution is -2.53. The summed E-state index contributed by atoms with van der Waals surface area (Å²) in [5, 5.41) is 3.85. The molecule has 236 valence electrons. The number of hydrogen-bond acceptors (Lipinski definition) is 4. The molecule has 1 atom stereocenters. The number of sulfonamides is 1. The van der Waals surface area contributed by atoms with Crippen LogP contribution >= 0.6 is 34.8 Å². The van der Waals surface area contributed by atoms with Gasteiger partial charge in [-0.15, -0.1) is 0 Å². The predicted octanol–water partition coefficient (Wildman–Crippen LogP) is 7.32. The van der Waals surface area contributed by atoms with Crippen molar-refractivity contribution in [3.05, 3.63) is 129 Å². The van der Waals surface area contributed by atoms with Crippen molar-refractivity contribution in [3.63, 3.8) is 0 Å². The Labute approximate surface area is 279 Å². The smallest absolute Gasteiger partial charge is 0.264 e. The third-order valence-corrected chi connectivity index (χ3v) is 9.59. The molecule has 11 heteroatoms. The molecule has 7 nitrogen and oxygen atoms in total. The van der Waals surface area contributed by atoms with Crippen LogP contribution in [-0.2, 0) is 32.6 Å². The lowest BCUT2D eigenvalue weighted by Gasteiger charge is -2.34. The minimum absolute atomic E-state index is 0.0113. The summed E-state index contributed by atoms with van der Waals surface area (Å²) < 4.78 is 29.2. The molecule has 0 spiro atoms. The van der Waals surface area contributed by atoms with Crippen molar-refractivity contribution < 1.29 is 18.0 Å². The summed E-state index contributed by atoms with van der Waals surface area (Å²) in [6.07, 6.45) is 0.913. The molecular weight excluding hydrogens is 653 g/mol. The van der Waals surface area contributed by atoms with E-state index in [0.29, 0.717) is 23.6 Å². The van der Waals surface area contributed by atoms with Crippen LogP contribution in [0.4, 0.5) is 5.69 Å². The van der Waals surface area contributed by atoms with E-state index in [4.69, 9.17) is 34.8 Å². The molecule has 4 aromatic carbocycles. The van der Waals surface area contributed by atoms with E-state index in [-0.39, 0.29) is 39.5 Å². The van der Waals surface area contributed by atoms with Gasteiger partial charge in [0.25, 0.3) is 10.0 Å². The molecule has 1 N–H and O–H groups in total. The van der Waals surface area contributed by atoms with Crippen molar-refractivity contribution in [1.29, 1.82) is 0 Å². The number of nitrogens with zero attached hydrogens (tertiary/aromatic N) is 2. The number of halogens is 3. The van der Waals surface area contributed by atoms with Crippen LogP contribution in [0, 0.1) is 6.92 Å². The molecule has 0 aliphatic rings. The number of carbonyl (C=O) groups is 2. The molecule has 45 heavy (non-hydrogen) atoms. The number of hydrogen-bond donors (Lipinski definition) is 1. The molecule has 0 unspecified atom stereocenters. The first kappa shape index (κ1) is 34.3. The van der Waals surface area contributed by atoms with Gasteiger partial charge in [0.15, 0.2) is 0 Å². The maximum atomic E-state index is 14.5. The Kier molecular flexibility index (Phi) is 11.9. The van der Waals surface area contributed by atoms with Gasteiger partial charge in [-0.3, -0.25) is 13.9 Å². The zero-order valence-corrected chi connectivity index (χ0v) is 28.0. The molecule has 0 fully saturated rings. The summed E-state index contributed by atoms with van der Waals surface area (Å²) >= 11 is 18.7. The largest absolute Gasteiger partial charge is 0.354 e. The number of rotatable bonds is 13. The third kappa shape index (κ3) is 9.23. The normalized spacial score (nSPS) is 11.9. The number of amides is 2. The lowest BCUT2D eigenvalue weighted by molar-refractivity contribution is -0.140. The Balaban J connectivity index is 1.81. The van der Waals surface area contributed by atoms with Crippen LogP contribution in [-0.4, -0.2) is 44.3 Å². The van der Waals surface area contributed by atoms with Crippen LogP contribution in [0.3, 0.4) is 0 Å². The highest BCUT2D eigenvalue weighted by atomic mass is 35.5. The molecule has 0 saturated carbocycles. The second-order valence-electron chi connectivity index (χ2n) is 10.6. The highest BCUT2D eigenvalue weighted by Gasteiger charge is 2.34. The van der Waals surface area contributed by atoms with E-state index < -0.39 is 28.5 Å². The van der Waals surface area contributed by atoms with Crippen LogP contribution < -0.4 is 9.62 Å². The average molecular weight is 687 g/mol. The summed E-state index contributed by atoms with van der Waals surface area (Å²) in [5.74, 6) is -0.939. The monoisotopic (exact) mass is 685 g/mol. The van der Waals surface area contributed by atoms with Gasteiger partial charge < -0.3 is 10.2 Å². The maximum Gasteiger partial charge on any atom is 0.264 e. The summed E-state index contributed by atoms with van der Waals surface area (Å²) in [6, 6.07) is 26.0. The molecule has 0 radical (unpaired) electrons. The van der Waals surface area contributed by atoms with Crippen LogP contribution in [0.15, 0.2) is 102 Å². The molecule has 4 rings (SSSR count). The fraction of sp³-hybridized carbons (Fsp3) is 0.235. The van der Waals surface area contributed by atoms with Gasteiger partial charge in [-0.2, -0.15) is 0 Å². The molecule has 0 bridgehead atoms. The van der Waals surface area contributed by atoms with Crippen molar-refractivity contribution in [2.24, 2.45) is 0 Å². The van der Waals surface area contributed by atoms with E-state index in [1.54, 1.807) is 36.4 Å². The van der Waals surface area contributed by atoms with E-state index in [1.807, 2.05) is 44.2 Å². The Morgan fingerprint density at radius 2 is 1.42 bits per heavy atom. The summed E-state index contributed by atoms with van der Waals surface area (Å²) in [5.41, 5.74) is 2.54. The van der Waals surface area contributed by atoms with Crippen LogP contribution in [0.1, 0.15) is 30.0 Å². The molecule has 0 aromatic heterocycles. The number of benzene rings is 4. The number of carbonyl (C=O) groups excluding carboxylic acids is 2. The topological polar surface area (TPSA) is 86.8 Å². The molecular formula is C34H34Cl3N3O4S. The first-order valence-corrected chi connectivity index (χ1v) is 17.0. The molecule has 0 aliphatic heterocycles. The van der Waals surface area contributed by atoms with Gasteiger partial charge in [0.2, 0.25) is 11.8 Å². The maximum absolute atomic E-state index is 14.5. The van der Waals surface area contributed by atoms with Gasteiger partial charge in [-0.25, -0.2) is 8.42 Å². The van der Waals surface area contributed by atoms with E-state index in [1.165, 1.54) is 35.2 Å². The van der Waals surface area contributed by atoms with Crippen LogP contribution in [0.5, 0.6) is 0 Å². The van der Waals surface area contributed by atoms with Crippen molar-refractivity contribution in [1.82, 2.24) is 10.2 Å². The Hall–Kier alpha value is -3.56. The quantitative estimate of drug-likeness (QED) is 0.160. The van der Waals surface area contributed by atoms with Crippen LogP contribution in [0.25, 0.3) is 0 Å². The van der Waals surface area contributed by atoms with Gasteiger partial charge in [0.05, 0.1) is 10.6 Å². The van der Waals surface area contributed by atoms with E-state index in [9.17, 15) is 18.0 Å². The second kappa shape index (κ2) is 15.6. The van der Waals surface area contributed by atoms with E-state index >= 15 is 0 Å². The summed E-state index contributed by atoms with van der Waals surface area (Å²) in [4.78, 5) is 29.6. The fourth-order valence-corrected chi connectivity index (χ4v) is 6.79. The van der Waals surface area contributed by atoms with Gasteiger partial charge >= 0.3 is 0 Å². The minimum Gasteiger partial charge on any atom is -0.354 e. The lowest BCUT2D eigenvalue weighted by atomic mass is 10.0. The summed E-state index contributed by atoms with van der Waals surface area (Å²) in [7, 11) is -4.28.